The van der Waals surface area contributed by atoms with Crippen molar-refractivity contribution in [2.75, 3.05) is 0 Å². The molecule has 4 aliphatic carbocycles. The second kappa shape index (κ2) is 9.07. The first-order valence-corrected chi connectivity index (χ1v) is 24.7. The van der Waals surface area contributed by atoms with E-state index in [4.69, 9.17) is 13.3 Å². The lowest BCUT2D eigenvalue weighted by atomic mass is 9.45. The van der Waals surface area contributed by atoms with Crippen LogP contribution in [0.1, 0.15) is 65.2 Å². The van der Waals surface area contributed by atoms with Crippen LogP contribution in [0.25, 0.3) is 0 Å². The highest BCUT2D eigenvalue weighted by molar-refractivity contribution is 6.70. The molecule has 4 aliphatic rings. The standard InChI is InChI=1S/C28H56O3Si3/c1-27-16-14-21(29-32(3,4)5)18-20(27)12-13-22-23(27)15-17-28(2)24(22)19-25(30-33(6,7)8)26(28)31-34(9,10)11/h20-26H,12-19H2,1-11H3/t20-,21+,22?,23?,24?,25+,26+,27?,28?/m1/s1. The van der Waals surface area contributed by atoms with E-state index in [0.29, 0.717) is 23.7 Å². The highest BCUT2D eigenvalue weighted by atomic mass is 28.4. The van der Waals surface area contributed by atoms with Crippen LogP contribution in [0.2, 0.25) is 58.9 Å². The van der Waals surface area contributed by atoms with Crippen molar-refractivity contribution in [1.82, 2.24) is 0 Å². The summed E-state index contributed by atoms with van der Waals surface area (Å²) in [7, 11) is -4.74. The third-order valence-electron chi connectivity index (χ3n) is 10.0. The lowest BCUT2D eigenvalue weighted by Gasteiger charge is -2.61. The average Bonchev–Trinajstić information content (AvgIpc) is 2.90. The maximum atomic E-state index is 7.03. The molecular weight excluding hydrogens is 469 g/mol. The summed E-state index contributed by atoms with van der Waals surface area (Å²) in [6, 6.07) is 0. The molecule has 0 heterocycles. The van der Waals surface area contributed by atoms with Crippen LogP contribution in [0, 0.1) is 34.5 Å². The van der Waals surface area contributed by atoms with Crippen molar-refractivity contribution in [1.29, 1.82) is 0 Å². The van der Waals surface area contributed by atoms with E-state index in [9.17, 15) is 0 Å². The van der Waals surface area contributed by atoms with Crippen molar-refractivity contribution in [3.05, 3.63) is 0 Å². The van der Waals surface area contributed by atoms with Crippen molar-refractivity contribution in [2.24, 2.45) is 34.5 Å². The molecule has 4 rings (SSSR count). The molecule has 0 bridgehead atoms. The van der Waals surface area contributed by atoms with Gasteiger partial charge in [-0.15, -0.1) is 0 Å². The Balaban J connectivity index is 1.56. The third kappa shape index (κ3) is 5.52. The van der Waals surface area contributed by atoms with Crippen LogP contribution in [-0.2, 0) is 13.3 Å². The molecule has 0 saturated heterocycles. The monoisotopic (exact) mass is 524 g/mol. The van der Waals surface area contributed by atoms with E-state index in [2.05, 4.69) is 72.8 Å². The SMILES string of the molecule is CC12CC[C@H](O[Si](C)(C)C)C[C@H]1CCC1C2CCC2(C)C1C[C@H](O[Si](C)(C)C)[C@@H]2O[Si](C)(C)C. The van der Waals surface area contributed by atoms with Gasteiger partial charge in [0.25, 0.3) is 0 Å². The summed E-state index contributed by atoms with van der Waals surface area (Å²) in [6.45, 7) is 26.5. The molecule has 4 fully saturated rings. The Kier molecular flexibility index (Phi) is 7.36. The zero-order chi connectivity index (χ0) is 25.3. The first kappa shape index (κ1) is 27.6. The second-order valence-corrected chi connectivity index (χ2v) is 29.4. The van der Waals surface area contributed by atoms with Gasteiger partial charge in [0.05, 0.1) is 12.2 Å². The van der Waals surface area contributed by atoms with E-state index in [0.717, 1.165) is 23.7 Å². The minimum Gasteiger partial charge on any atom is -0.415 e. The Morgan fingerprint density at radius 3 is 1.76 bits per heavy atom. The number of hydrogen-bond donors (Lipinski definition) is 0. The van der Waals surface area contributed by atoms with Crippen molar-refractivity contribution >= 4 is 25.0 Å². The third-order valence-corrected chi connectivity index (χ3v) is 13.0. The van der Waals surface area contributed by atoms with E-state index >= 15 is 0 Å². The quantitative estimate of drug-likeness (QED) is 0.327. The molecular formula is C28H56O3Si3. The molecule has 0 N–H and O–H groups in total. The smallest absolute Gasteiger partial charge is 0.184 e. The minimum atomic E-state index is -1.65. The summed E-state index contributed by atoms with van der Waals surface area (Å²) >= 11 is 0. The van der Waals surface area contributed by atoms with Crippen molar-refractivity contribution in [3.63, 3.8) is 0 Å². The maximum absolute atomic E-state index is 7.03. The number of rotatable bonds is 6. The molecule has 0 aromatic carbocycles. The largest absolute Gasteiger partial charge is 0.415 e. The van der Waals surface area contributed by atoms with Crippen LogP contribution in [0.15, 0.2) is 0 Å². The number of fused-ring (bicyclic) bond motifs is 5. The first-order chi connectivity index (χ1) is 15.4. The molecule has 5 unspecified atom stereocenters. The van der Waals surface area contributed by atoms with Crippen molar-refractivity contribution in [3.8, 4) is 0 Å². The summed E-state index contributed by atoms with van der Waals surface area (Å²) in [5.74, 6) is 3.37. The lowest BCUT2D eigenvalue weighted by Crippen LogP contribution is -2.56. The van der Waals surface area contributed by atoms with Gasteiger partial charge in [-0.2, -0.15) is 0 Å². The van der Waals surface area contributed by atoms with Crippen molar-refractivity contribution < 1.29 is 13.3 Å². The van der Waals surface area contributed by atoms with E-state index in [1.54, 1.807) is 0 Å². The number of hydrogen-bond acceptors (Lipinski definition) is 3. The summed E-state index contributed by atoms with van der Waals surface area (Å²) < 4.78 is 20.6. The fraction of sp³-hybridized carbons (Fsp3) is 1.00. The predicted molar refractivity (Wildman–Crippen MR) is 152 cm³/mol. The molecule has 0 amide bonds. The van der Waals surface area contributed by atoms with Gasteiger partial charge in [-0.3, -0.25) is 0 Å². The molecule has 3 nitrogen and oxygen atoms in total. The van der Waals surface area contributed by atoms with E-state index in [-0.39, 0.29) is 5.41 Å². The van der Waals surface area contributed by atoms with Gasteiger partial charge < -0.3 is 13.3 Å². The molecule has 4 saturated carbocycles. The zero-order valence-corrected chi connectivity index (χ0v) is 27.4. The van der Waals surface area contributed by atoms with Gasteiger partial charge in [-0.05, 0) is 145 Å². The molecule has 198 valence electrons. The summed E-state index contributed by atoms with van der Waals surface area (Å²) in [5.41, 5.74) is 0.795. The Morgan fingerprint density at radius 2 is 1.18 bits per heavy atom. The van der Waals surface area contributed by atoms with Gasteiger partial charge in [-0.1, -0.05) is 13.8 Å². The zero-order valence-electron chi connectivity index (χ0n) is 24.4. The van der Waals surface area contributed by atoms with Crippen LogP contribution in [0.5, 0.6) is 0 Å². The second-order valence-electron chi connectivity index (χ2n) is 16.0. The van der Waals surface area contributed by atoms with E-state index in [1.807, 2.05) is 0 Å². The van der Waals surface area contributed by atoms with Gasteiger partial charge >= 0.3 is 0 Å². The Hall–Kier alpha value is 0.531. The highest BCUT2D eigenvalue weighted by Gasteiger charge is 2.63. The van der Waals surface area contributed by atoms with E-state index < -0.39 is 25.0 Å². The molecule has 9 atom stereocenters. The molecule has 6 heteroatoms. The van der Waals surface area contributed by atoms with Gasteiger partial charge in [0.1, 0.15) is 0 Å². The Labute approximate surface area is 214 Å². The topological polar surface area (TPSA) is 27.7 Å². The van der Waals surface area contributed by atoms with Crippen molar-refractivity contribution in [2.45, 2.75) is 142 Å². The van der Waals surface area contributed by atoms with Crippen LogP contribution in [-0.4, -0.2) is 43.3 Å². The average molecular weight is 525 g/mol. The molecule has 0 spiro atoms. The fourth-order valence-corrected chi connectivity index (χ4v) is 12.4. The first-order valence-electron chi connectivity index (χ1n) is 14.4. The molecule has 0 aliphatic heterocycles. The molecule has 0 aromatic heterocycles. The molecule has 0 aromatic rings. The van der Waals surface area contributed by atoms with Gasteiger partial charge in [-0.25, -0.2) is 0 Å². The van der Waals surface area contributed by atoms with Gasteiger partial charge in [0.2, 0.25) is 0 Å². The lowest BCUT2D eigenvalue weighted by molar-refractivity contribution is -0.131. The fourth-order valence-electron chi connectivity index (χ4n) is 8.92. The van der Waals surface area contributed by atoms with Gasteiger partial charge in [0, 0.05) is 6.10 Å². The summed E-state index contributed by atoms with van der Waals surface area (Å²) in [4.78, 5) is 0. The van der Waals surface area contributed by atoms with Crippen LogP contribution in [0.3, 0.4) is 0 Å². The van der Waals surface area contributed by atoms with Crippen LogP contribution in [0.4, 0.5) is 0 Å². The van der Waals surface area contributed by atoms with Gasteiger partial charge in [0.15, 0.2) is 25.0 Å². The minimum absolute atomic E-state index is 0.285. The predicted octanol–water partition coefficient (Wildman–Crippen LogP) is 8.30. The normalized spacial score (nSPS) is 45.4. The Morgan fingerprint density at radius 1 is 0.588 bits per heavy atom. The molecule has 0 radical (unpaired) electrons. The highest BCUT2D eigenvalue weighted by Crippen LogP contribution is 2.67. The summed E-state index contributed by atoms with van der Waals surface area (Å²) in [6.07, 6.45) is 11.9. The van der Waals surface area contributed by atoms with Crippen LogP contribution >= 0.6 is 0 Å². The maximum Gasteiger partial charge on any atom is 0.184 e. The van der Waals surface area contributed by atoms with E-state index in [1.165, 1.54) is 51.4 Å². The molecule has 34 heavy (non-hydrogen) atoms. The Bertz CT molecular complexity index is 739. The van der Waals surface area contributed by atoms with Crippen LogP contribution < -0.4 is 0 Å². The summed E-state index contributed by atoms with van der Waals surface area (Å²) in [5, 5.41) is 0.